The number of aromatic nitrogens is 2. The van der Waals surface area contributed by atoms with Gasteiger partial charge in [-0.3, -0.25) is 4.79 Å². The van der Waals surface area contributed by atoms with E-state index in [1.807, 2.05) is 42.5 Å². The molecule has 7 heteroatoms. The number of nitrogens with one attached hydrogen (secondary N) is 1. The maximum absolute atomic E-state index is 12.8. The molecule has 6 nitrogen and oxygen atoms in total. The van der Waals surface area contributed by atoms with Crippen LogP contribution in [0.1, 0.15) is 15.9 Å². The third-order valence-corrected chi connectivity index (χ3v) is 4.64. The van der Waals surface area contributed by atoms with Crippen LogP contribution in [0.2, 0.25) is 0 Å². The Morgan fingerprint density at radius 3 is 2.72 bits per heavy atom. The Bertz CT molecular complexity index is 1130. The zero-order valence-electron chi connectivity index (χ0n) is 15.2. The van der Waals surface area contributed by atoms with Crippen LogP contribution < -0.4 is 10.1 Å². The Labute approximate surface area is 175 Å². The number of hydrogen-bond acceptors (Lipinski definition) is 5. The average molecular weight is 450 g/mol. The van der Waals surface area contributed by atoms with E-state index in [4.69, 9.17) is 9.15 Å². The van der Waals surface area contributed by atoms with Crippen LogP contribution in [-0.2, 0) is 6.61 Å². The molecular weight excluding hydrogens is 434 g/mol. The number of halogens is 1. The minimum Gasteiger partial charge on any atom is -0.488 e. The Balaban J connectivity index is 1.50. The van der Waals surface area contributed by atoms with Crippen LogP contribution >= 0.6 is 15.9 Å². The fourth-order valence-electron chi connectivity index (χ4n) is 2.80. The van der Waals surface area contributed by atoms with Gasteiger partial charge in [-0.15, -0.1) is 10.2 Å². The Kier molecular flexibility index (Phi) is 5.67. The molecule has 1 aromatic heterocycles. The number of ether oxygens (including phenoxy) is 1. The van der Waals surface area contributed by atoms with Gasteiger partial charge in [0, 0.05) is 15.7 Å². The number of para-hydroxylation sites is 1. The van der Waals surface area contributed by atoms with Crippen LogP contribution in [0.25, 0.3) is 11.5 Å². The number of nitrogens with zero attached hydrogens (tertiary/aromatic N) is 2. The third kappa shape index (κ3) is 4.70. The van der Waals surface area contributed by atoms with Gasteiger partial charge in [0.25, 0.3) is 5.91 Å². The van der Waals surface area contributed by atoms with Crippen molar-refractivity contribution in [3.63, 3.8) is 0 Å². The van der Waals surface area contributed by atoms with Gasteiger partial charge < -0.3 is 14.5 Å². The number of carbonyl (C=O) groups is 1. The van der Waals surface area contributed by atoms with Crippen molar-refractivity contribution in [3.05, 3.63) is 94.8 Å². The van der Waals surface area contributed by atoms with E-state index >= 15 is 0 Å². The molecule has 0 aliphatic carbocycles. The first kappa shape index (κ1) is 18.9. The summed E-state index contributed by atoms with van der Waals surface area (Å²) in [5.74, 6) is 0.634. The quantitative estimate of drug-likeness (QED) is 0.430. The van der Waals surface area contributed by atoms with Crippen molar-refractivity contribution >= 4 is 27.5 Å². The summed E-state index contributed by atoms with van der Waals surface area (Å²) in [6, 6.07) is 22.2. The lowest BCUT2D eigenvalue weighted by Gasteiger charge is -2.12. The highest BCUT2D eigenvalue weighted by molar-refractivity contribution is 9.10. The predicted molar refractivity (Wildman–Crippen MR) is 113 cm³/mol. The molecule has 0 unspecified atom stereocenters. The zero-order valence-corrected chi connectivity index (χ0v) is 16.8. The summed E-state index contributed by atoms with van der Waals surface area (Å²) in [6.45, 7) is 0.358. The van der Waals surface area contributed by atoms with Crippen LogP contribution in [0.15, 0.2) is 88.1 Å². The van der Waals surface area contributed by atoms with Gasteiger partial charge in [0.1, 0.15) is 12.4 Å². The summed E-state index contributed by atoms with van der Waals surface area (Å²) in [5.41, 5.74) is 2.79. The van der Waals surface area contributed by atoms with Crippen molar-refractivity contribution in [1.29, 1.82) is 0 Å². The fraction of sp³-hybridized carbons (Fsp3) is 0.0455. The molecule has 1 heterocycles. The fourth-order valence-corrected chi connectivity index (χ4v) is 3.24. The number of amides is 1. The van der Waals surface area contributed by atoms with Crippen molar-refractivity contribution in [2.45, 2.75) is 6.61 Å². The second-order valence-electron chi connectivity index (χ2n) is 6.19. The van der Waals surface area contributed by atoms with E-state index in [0.29, 0.717) is 29.5 Å². The molecule has 0 aliphatic heterocycles. The molecule has 0 radical (unpaired) electrons. The molecule has 0 fully saturated rings. The molecule has 0 saturated carbocycles. The molecule has 29 heavy (non-hydrogen) atoms. The third-order valence-electron chi connectivity index (χ3n) is 4.14. The van der Waals surface area contributed by atoms with Gasteiger partial charge in [0.05, 0.1) is 5.56 Å². The van der Waals surface area contributed by atoms with Crippen molar-refractivity contribution in [2.24, 2.45) is 0 Å². The van der Waals surface area contributed by atoms with E-state index in [1.54, 1.807) is 30.3 Å². The molecule has 0 atom stereocenters. The number of carbonyl (C=O) groups excluding carboxylic acids is 1. The van der Waals surface area contributed by atoms with Crippen molar-refractivity contribution in [3.8, 4) is 17.2 Å². The van der Waals surface area contributed by atoms with E-state index < -0.39 is 0 Å². The molecule has 1 N–H and O–H groups in total. The van der Waals surface area contributed by atoms with Crippen molar-refractivity contribution < 1.29 is 13.9 Å². The van der Waals surface area contributed by atoms with Gasteiger partial charge in [-0.05, 0) is 48.0 Å². The maximum Gasteiger partial charge on any atom is 0.259 e. The van der Waals surface area contributed by atoms with E-state index in [1.165, 1.54) is 6.39 Å². The standard InChI is InChI=1S/C22H16BrN3O3/c23-17-7-3-5-15(11-17)13-28-20-10-2-1-9-19(20)21(27)25-18-8-4-6-16(12-18)22-26-24-14-29-22/h1-12,14H,13H2,(H,25,27). The van der Waals surface area contributed by atoms with Crippen molar-refractivity contribution in [1.82, 2.24) is 10.2 Å². The van der Waals surface area contributed by atoms with Gasteiger partial charge in [-0.1, -0.05) is 46.3 Å². The molecule has 4 aromatic rings. The minimum absolute atomic E-state index is 0.266. The Morgan fingerprint density at radius 1 is 1.03 bits per heavy atom. The van der Waals surface area contributed by atoms with Crippen LogP contribution in [-0.4, -0.2) is 16.1 Å². The van der Waals surface area contributed by atoms with Gasteiger partial charge in [0.2, 0.25) is 12.3 Å². The summed E-state index contributed by atoms with van der Waals surface area (Å²) < 4.78 is 12.1. The predicted octanol–water partition coefficient (Wildman–Crippen LogP) is 5.33. The number of rotatable bonds is 6. The summed E-state index contributed by atoms with van der Waals surface area (Å²) in [6.07, 6.45) is 1.26. The van der Waals surface area contributed by atoms with E-state index in [0.717, 1.165) is 15.6 Å². The SMILES string of the molecule is O=C(Nc1cccc(-c2nnco2)c1)c1ccccc1OCc1cccc(Br)c1. The van der Waals surface area contributed by atoms with Crippen LogP contribution in [0, 0.1) is 0 Å². The van der Waals surface area contributed by atoms with Gasteiger partial charge in [-0.25, -0.2) is 0 Å². The Morgan fingerprint density at radius 2 is 1.90 bits per heavy atom. The molecule has 144 valence electrons. The second-order valence-corrected chi connectivity index (χ2v) is 7.11. The second kappa shape index (κ2) is 8.70. The average Bonchev–Trinajstić information content (AvgIpc) is 3.28. The molecule has 0 spiro atoms. The van der Waals surface area contributed by atoms with Gasteiger partial charge in [-0.2, -0.15) is 0 Å². The normalized spacial score (nSPS) is 10.5. The van der Waals surface area contributed by atoms with E-state index in [9.17, 15) is 4.79 Å². The van der Waals surface area contributed by atoms with Crippen LogP contribution in [0.4, 0.5) is 5.69 Å². The van der Waals surface area contributed by atoms with Crippen molar-refractivity contribution in [2.75, 3.05) is 5.32 Å². The summed E-state index contributed by atoms with van der Waals surface area (Å²) >= 11 is 3.45. The summed E-state index contributed by atoms with van der Waals surface area (Å²) in [7, 11) is 0. The molecule has 0 bridgehead atoms. The number of hydrogen-bond donors (Lipinski definition) is 1. The molecular formula is C22H16BrN3O3. The lowest BCUT2D eigenvalue weighted by molar-refractivity contribution is 0.102. The topological polar surface area (TPSA) is 77.3 Å². The highest BCUT2D eigenvalue weighted by atomic mass is 79.9. The van der Waals surface area contributed by atoms with E-state index in [2.05, 4.69) is 31.4 Å². The van der Waals surface area contributed by atoms with Crippen LogP contribution in [0.5, 0.6) is 5.75 Å². The summed E-state index contributed by atoms with van der Waals surface area (Å²) in [4.78, 5) is 12.8. The van der Waals surface area contributed by atoms with Gasteiger partial charge in [0.15, 0.2) is 0 Å². The van der Waals surface area contributed by atoms with E-state index in [-0.39, 0.29) is 5.91 Å². The summed E-state index contributed by atoms with van der Waals surface area (Å²) in [5, 5.41) is 10.5. The number of anilines is 1. The molecule has 0 saturated heterocycles. The number of benzene rings is 3. The first-order chi connectivity index (χ1) is 14.2. The largest absolute Gasteiger partial charge is 0.488 e. The molecule has 4 rings (SSSR count). The lowest BCUT2D eigenvalue weighted by Crippen LogP contribution is -2.13. The molecule has 1 amide bonds. The smallest absolute Gasteiger partial charge is 0.259 e. The maximum atomic E-state index is 12.8. The molecule has 0 aliphatic rings. The zero-order chi connectivity index (χ0) is 20.1. The lowest BCUT2D eigenvalue weighted by atomic mass is 10.1. The highest BCUT2D eigenvalue weighted by Gasteiger charge is 2.13. The first-order valence-electron chi connectivity index (χ1n) is 8.83. The Hall–Kier alpha value is -3.45. The highest BCUT2D eigenvalue weighted by Crippen LogP contribution is 2.24. The minimum atomic E-state index is -0.266. The van der Waals surface area contributed by atoms with Gasteiger partial charge >= 0.3 is 0 Å². The first-order valence-corrected chi connectivity index (χ1v) is 9.62. The molecule has 3 aromatic carbocycles. The monoisotopic (exact) mass is 449 g/mol. The van der Waals surface area contributed by atoms with Crippen LogP contribution in [0.3, 0.4) is 0 Å².